The molecule has 0 aliphatic carbocycles. The fraction of sp³-hybridized carbons (Fsp3) is 0.333. The Morgan fingerprint density at radius 3 is 2.67 bits per heavy atom. The Hall–Kier alpha value is -0.650. The van der Waals surface area contributed by atoms with Crippen LogP contribution in [0.4, 0.5) is 5.82 Å². The van der Waals surface area contributed by atoms with Gasteiger partial charge in [0.25, 0.3) is 0 Å². The fourth-order valence-corrected chi connectivity index (χ4v) is 3.15. The molecular formula is C12H13BrClN3S. The number of anilines is 1. The minimum atomic E-state index is 0.723. The van der Waals surface area contributed by atoms with Crippen LogP contribution in [-0.4, -0.2) is 16.5 Å². The molecule has 0 aliphatic heterocycles. The monoisotopic (exact) mass is 345 g/mol. The number of thiophene rings is 1. The van der Waals surface area contributed by atoms with E-state index in [1.165, 1.54) is 11.3 Å². The van der Waals surface area contributed by atoms with E-state index in [4.69, 9.17) is 11.6 Å². The zero-order chi connectivity index (χ0) is 13.1. The summed E-state index contributed by atoms with van der Waals surface area (Å²) in [4.78, 5) is 10.0. The van der Waals surface area contributed by atoms with E-state index in [-0.39, 0.29) is 0 Å². The topological polar surface area (TPSA) is 37.8 Å². The van der Waals surface area contributed by atoms with Gasteiger partial charge in [0.05, 0.1) is 4.88 Å². The average molecular weight is 347 g/mol. The summed E-state index contributed by atoms with van der Waals surface area (Å²) >= 11 is 10.9. The van der Waals surface area contributed by atoms with Crippen molar-refractivity contribution in [2.75, 3.05) is 11.9 Å². The van der Waals surface area contributed by atoms with Crippen molar-refractivity contribution in [2.45, 2.75) is 20.3 Å². The van der Waals surface area contributed by atoms with Crippen LogP contribution in [0.25, 0.3) is 10.7 Å². The van der Waals surface area contributed by atoms with Gasteiger partial charge in [-0.1, -0.05) is 18.5 Å². The summed E-state index contributed by atoms with van der Waals surface area (Å²) in [6.07, 6.45) is 0.883. The van der Waals surface area contributed by atoms with Crippen LogP contribution in [0.15, 0.2) is 16.6 Å². The van der Waals surface area contributed by atoms with Crippen molar-refractivity contribution in [3.63, 3.8) is 0 Å². The molecule has 0 aromatic carbocycles. The highest BCUT2D eigenvalue weighted by atomic mass is 79.9. The normalized spacial score (nSPS) is 10.7. The molecule has 2 heterocycles. The molecule has 0 amide bonds. The van der Waals surface area contributed by atoms with E-state index in [1.807, 2.05) is 19.1 Å². The Morgan fingerprint density at radius 1 is 1.33 bits per heavy atom. The van der Waals surface area contributed by atoms with Crippen LogP contribution in [0.5, 0.6) is 0 Å². The number of rotatable bonds is 4. The summed E-state index contributed by atoms with van der Waals surface area (Å²) < 4.78 is 1.61. The molecule has 1 N–H and O–H groups in total. The number of aromatic nitrogens is 2. The molecular weight excluding hydrogens is 334 g/mol. The summed E-state index contributed by atoms with van der Waals surface area (Å²) in [5, 5.41) is 3.22. The van der Waals surface area contributed by atoms with Gasteiger partial charge in [-0.05, 0) is 35.3 Å². The van der Waals surface area contributed by atoms with E-state index < -0.39 is 0 Å². The van der Waals surface area contributed by atoms with Gasteiger partial charge < -0.3 is 5.32 Å². The maximum Gasteiger partial charge on any atom is 0.171 e. The third-order valence-corrected chi connectivity index (χ3v) is 4.84. The highest BCUT2D eigenvalue weighted by Crippen LogP contribution is 2.36. The van der Waals surface area contributed by atoms with E-state index in [0.29, 0.717) is 0 Å². The lowest BCUT2D eigenvalue weighted by Crippen LogP contribution is -2.03. The van der Waals surface area contributed by atoms with Gasteiger partial charge in [-0.25, -0.2) is 9.97 Å². The molecule has 2 aromatic rings. The summed E-state index contributed by atoms with van der Waals surface area (Å²) in [5.41, 5.74) is 1.02. The quantitative estimate of drug-likeness (QED) is 0.878. The Balaban J connectivity index is 2.45. The third kappa shape index (κ3) is 3.02. The van der Waals surface area contributed by atoms with Crippen LogP contribution >= 0.6 is 38.9 Å². The number of hydrogen-bond acceptors (Lipinski definition) is 4. The molecule has 18 heavy (non-hydrogen) atoms. The van der Waals surface area contributed by atoms with Gasteiger partial charge in [0.15, 0.2) is 5.82 Å². The van der Waals surface area contributed by atoms with Crippen LogP contribution in [0.1, 0.15) is 19.5 Å². The summed E-state index contributed by atoms with van der Waals surface area (Å²) in [7, 11) is 0. The third-order valence-electron chi connectivity index (χ3n) is 2.36. The highest BCUT2D eigenvalue weighted by Gasteiger charge is 2.11. The second kappa shape index (κ2) is 5.99. The van der Waals surface area contributed by atoms with Crippen molar-refractivity contribution < 1.29 is 0 Å². The van der Waals surface area contributed by atoms with E-state index in [1.54, 1.807) is 0 Å². The fourth-order valence-electron chi connectivity index (χ4n) is 1.52. The van der Waals surface area contributed by atoms with Crippen molar-refractivity contribution in [1.82, 2.24) is 9.97 Å². The van der Waals surface area contributed by atoms with Crippen LogP contribution in [-0.2, 0) is 6.42 Å². The second-order valence-corrected chi connectivity index (χ2v) is 6.19. The van der Waals surface area contributed by atoms with Gasteiger partial charge in [0.2, 0.25) is 0 Å². The molecule has 0 saturated heterocycles. The van der Waals surface area contributed by atoms with E-state index >= 15 is 0 Å². The zero-order valence-electron chi connectivity index (χ0n) is 10.1. The van der Waals surface area contributed by atoms with Crippen LogP contribution in [0.2, 0.25) is 4.34 Å². The predicted octanol–water partition coefficient (Wildman–Crippen LogP) is 4.62. The van der Waals surface area contributed by atoms with Gasteiger partial charge in [-0.15, -0.1) is 11.3 Å². The SMILES string of the molecule is CCNc1cc(CC)nc(-c2cc(Br)c(Cl)s2)n1. The molecule has 0 spiro atoms. The van der Waals surface area contributed by atoms with Gasteiger partial charge >= 0.3 is 0 Å². The molecule has 0 bridgehead atoms. The van der Waals surface area contributed by atoms with E-state index in [9.17, 15) is 0 Å². The van der Waals surface area contributed by atoms with Gasteiger partial charge in [0.1, 0.15) is 10.2 Å². The summed E-state index contributed by atoms with van der Waals surface area (Å²) in [6.45, 7) is 4.97. The molecule has 2 aromatic heterocycles. The molecule has 0 fully saturated rings. The van der Waals surface area contributed by atoms with E-state index in [0.717, 1.165) is 44.0 Å². The Bertz CT molecular complexity index is 537. The molecule has 3 nitrogen and oxygen atoms in total. The molecule has 2 rings (SSSR count). The van der Waals surface area contributed by atoms with Crippen LogP contribution in [0, 0.1) is 0 Å². The summed E-state index contributed by atoms with van der Waals surface area (Å²) in [6, 6.07) is 3.94. The predicted molar refractivity (Wildman–Crippen MR) is 81.6 cm³/mol. The molecule has 0 unspecified atom stereocenters. The maximum atomic E-state index is 6.05. The molecule has 0 atom stereocenters. The zero-order valence-corrected chi connectivity index (χ0v) is 13.3. The minimum Gasteiger partial charge on any atom is -0.370 e. The average Bonchev–Trinajstić information content (AvgIpc) is 2.70. The first-order valence-corrected chi connectivity index (χ1v) is 7.69. The smallest absolute Gasteiger partial charge is 0.171 e. The van der Waals surface area contributed by atoms with E-state index in [2.05, 4.69) is 38.1 Å². The van der Waals surface area contributed by atoms with Crippen LogP contribution in [0.3, 0.4) is 0 Å². The number of aryl methyl sites for hydroxylation is 1. The first kappa shape index (κ1) is 13.8. The Labute approximate surface area is 124 Å². The largest absolute Gasteiger partial charge is 0.370 e. The molecule has 6 heteroatoms. The number of halogens is 2. The maximum absolute atomic E-state index is 6.05. The lowest BCUT2D eigenvalue weighted by Gasteiger charge is -2.06. The van der Waals surface area contributed by atoms with Gasteiger partial charge in [0, 0.05) is 22.8 Å². The minimum absolute atomic E-state index is 0.723. The van der Waals surface area contributed by atoms with Crippen molar-refractivity contribution >= 4 is 44.7 Å². The molecule has 0 radical (unpaired) electrons. The molecule has 0 saturated carbocycles. The highest BCUT2D eigenvalue weighted by molar-refractivity contribution is 9.10. The number of nitrogens with one attached hydrogen (secondary N) is 1. The van der Waals surface area contributed by atoms with Gasteiger partial charge in [-0.3, -0.25) is 0 Å². The first-order chi connectivity index (χ1) is 8.63. The van der Waals surface area contributed by atoms with Crippen molar-refractivity contribution in [1.29, 1.82) is 0 Å². The van der Waals surface area contributed by atoms with Crippen molar-refractivity contribution in [3.8, 4) is 10.7 Å². The Morgan fingerprint density at radius 2 is 2.11 bits per heavy atom. The lowest BCUT2D eigenvalue weighted by molar-refractivity contribution is 1.00. The molecule has 0 aliphatic rings. The standard InChI is InChI=1S/C12H13BrClN3S/c1-3-7-5-10(15-4-2)17-12(16-7)9-6-8(13)11(14)18-9/h5-6H,3-4H2,1-2H3,(H,15,16,17). The molecule has 96 valence electrons. The Kier molecular flexibility index (Phi) is 4.59. The van der Waals surface area contributed by atoms with Crippen molar-refractivity contribution in [3.05, 3.63) is 26.6 Å². The van der Waals surface area contributed by atoms with Crippen molar-refractivity contribution in [2.24, 2.45) is 0 Å². The number of nitrogens with zero attached hydrogens (tertiary/aromatic N) is 2. The van der Waals surface area contributed by atoms with Crippen LogP contribution < -0.4 is 5.32 Å². The first-order valence-electron chi connectivity index (χ1n) is 5.71. The number of hydrogen-bond donors (Lipinski definition) is 1. The second-order valence-electron chi connectivity index (χ2n) is 3.68. The summed E-state index contributed by atoms with van der Waals surface area (Å²) in [5.74, 6) is 1.59. The van der Waals surface area contributed by atoms with Gasteiger partial charge in [-0.2, -0.15) is 0 Å². The lowest BCUT2D eigenvalue weighted by atomic mass is 10.3.